The summed E-state index contributed by atoms with van der Waals surface area (Å²) >= 11 is 0. The van der Waals surface area contributed by atoms with Crippen LogP contribution < -0.4 is 5.73 Å². The van der Waals surface area contributed by atoms with Crippen LogP contribution in [0, 0.1) is 5.82 Å². The first-order valence-corrected chi connectivity index (χ1v) is 7.23. The van der Waals surface area contributed by atoms with Crippen molar-refractivity contribution < 1.29 is 9.18 Å². The fraction of sp³-hybridized carbons (Fsp3) is 0.533. The van der Waals surface area contributed by atoms with Gasteiger partial charge in [0.25, 0.3) is 5.91 Å². The molecule has 2 N–H and O–H groups in total. The minimum Gasteiger partial charge on any atom is -0.398 e. The normalized spacial score (nSPS) is 23.4. The number of nitrogens with zero attached hydrogens (tertiary/aromatic N) is 2. The number of hydrogen-bond donors (Lipinski definition) is 1. The maximum Gasteiger partial charge on any atom is 0.256 e. The average Bonchev–Trinajstić information content (AvgIpc) is 3.09. The SMILES string of the molecule is Nc1cc(F)ccc1C(=O)N1CCC(N2CCCC2)C1. The zero-order valence-corrected chi connectivity index (χ0v) is 11.5. The smallest absolute Gasteiger partial charge is 0.256 e. The molecule has 2 saturated heterocycles. The highest BCUT2D eigenvalue weighted by molar-refractivity contribution is 5.99. The molecule has 1 amide bonds. The maximum atomic E-state index is 13.0. The Labute approximate surface area is 118 Å². The van der Waals surface area contributed by atoms with Crippen LogP contribution in [0.3, 0.4) is 0 Å². The molecule has 0 aliphatic carbocycles. The standard InChI is InChI=1S/C15H20FN3O/c16-11-3-4-13(14(17)9-11)15(20)19-8-5-12(10-19)18-6-1-2-7-18/h3-4,9,12H,1-2,5-8,10,17H2. The van der Waals surface area contributed by atoms with Crippen LogP contribution in [-0.2, 0) is 0 Å². The lowest BCUT2D eigenvalue weighted by Crippen LogP contribution is -2.37. The topological polar surface area (TPSA) is 49.6 Å². The molecule has 0 spiro atoms. The van der Waals surface area contributed by atoms with E-state index in [4.69, 9.17) is 5.73 Å². The van der Waals surface area contributed by atoms with Crippen molar-refractivity contribution in [2.24, 2.45) is 0 Å². The molecule has 1 aromatic rings. The van der Waals surface area contributed by atoms with Gasteiger partial charge in [0.05, 0.1) is 5.56 Å². The molecule has 2 fully saturated rings. The summed E-state index contributed by atoms with van der Waals surface area (Å²) in [6.45, 7) is 3.81. The fourth-order valence-electron chi connectivity index (χ4n) is 3.23. The van der Waals surface area contributed by atoms with Crippen molar-refractivity contribution in [1.29, 1.82) is 0 Å². The third-order valence-electron chi connectivity index (χ3n) is 4.35. The van der Waals surface area contributed by atoms with Gasteiger partial charge in [0, 0.05) is 24.8 Å². The Hall–Kier alpha value is -1.62. The summed E-state index contributed by atoms with van der Waals surface area (Å²) in [6.07, 6.45) is 3.54. The molecular formula is C15H20FN3O. The number of nitrogen functional groups attached to an aromatic ring is 1. The first-order chi connectivity index (χ1) is 9.65. The van der Waals surface area contributed by atoms with Crippen molar-refractivity contribution in [3.8, 4) is 0 Å². The Bertz CT molecular complexity index is 514. The summed E-state index contributed by atoms with van der Waals surface area (Å²) in [4.78, 5) is 16.8. The first kappa shape index (κ1) is 13.4. The van der Waals surface area contributed by atoms with E-state index >= 15 is 0 Å². The maximum absolute atomic E-state index is 13.0. The number of rotatable bonds is 2. The lowest BCUT2D eigenvalue weighted by Gasteiger charge is -2.23. The zero-order chi connectivity index (χ0) is 14.1. The Balaban J connectivity index is 1.69. The Morgan fingerprint density at radius 1 is 1.25 bits per heavy atom. The van der Waals surface area contributed by atoms with Crippen LogP contribution in [0.4, 0.5) is 10.1 Å². The molecule has 4 nitrogen and oxygen atoms in total. The van der Waals surface area contributed by atoms with Crippen molar-refractivity contribution in [3.63, 3.8) is 0 Å². The molecule has 1 atom stereocenters. The molecule has 0 bridgehead atoms. The summed E-state index contributed by atoms with van der Waals surface area (Å²) in [5.41, 5.74) is 6.38. The molecule has 20 heavy (non-hydrogen) atoms. The molecule has 108 valence electrons. The van der Waals surface area contributed by atoms with Crippen molar-refractivity contribution in [3.05, 3.63) is 29.6 Å². The molecular weight excluding hydrogens is 257 g/mol. The van der Waals surface area contributed by atoms with Crippen molar-refractivity contribution in [2.45, 2.75) is 25.3 Å². The molecule has 5 heteroatoms. The van der Waals surface area contributed by atoms with Gasteiger partial charge >= 0.3 is 0 Å². The number of carbonyl (C=O) groups is 1. The second-order valence-electron chi connectivity index (χ2n) is 5.67. The lowest BCUT2D eigenvalue weighted by molar-refractivity contribution is 0.0781. The number of likely N-dealkylation sites (tertiary alicyclic amines) is 2. The lowest BCUT2D eigenvalue weighted by atomic mass is 10.1. The van der Waals surface area contributed by atoms with E-state index in [2.05, 4.69) is 4.90 Å². The van der Waals surface area contributed by atoms with Crippen LogP contribution in [0.2, 0.25) is 0 Å². The minimum atomic E-state index is -0.407. The Morgan fingerprint density at radius 3 is 2.70 bits per heavy atom. The minimum absolute atomic E-state index is 0.0794. The molecule has 1 aromatic carbocycles. The molecule has 3 rings (SSSR count). The van der Waals surface area contributed by atoms with E-state index in [1.807, 2.05) is 4.90 Å². The van der Waals surface area contributed by atoms with Crippen molar-refractivity contribution in [1.82, 2.24) is 9.80 Å². The van der Waals surface area contributed by atoms with Gasteiger partial charge < -0.3 is 10.6 Å². The monoisotopic (exact) mass is 277 g/mol. The van der Waals surface area contributed by atoms with E-state index in [0.717, 1.165) is 32.6 Å². The van der Waals surface area contributed by atoms with Crippen LogP contribution in [0.1, 0.15) is 29.6 Å². The highest BCUT2D eigenvalue weighted by Gasteiger charge is 2.32. The van der Waals surface area contributed by atoms with Crippen LogP contribution >= 0.6 is 0 Å². The van der Waals surface area contributed by atoms with Gasteiger partial charge in [-0.3, -0.25) is 9.69 Å². The van der Waals surface area contributed by atoms with E-state index in [1.54, 1.807) is 0 Å². The summed E-state index contributed by atoms with van der Waals surface area (Å²) < 4.78 is 13.0. The number of hydrogen-bond acceptors (Lipinski definition) is 3. The second kappa shape index (κ2) is 5.40. The van der Waals surface area contributed by atoms with E-state index < -0.39 is 5.82 Å². The summed E-state index contributed by atoms with van der Waals surface area (Å²) in [5.74, 6) is -0.486. The predicted molar refractivity (Wildman–Crippen MR) is 75.9 cm³/mol. The predicted octanol–water partition coefficient (Wildman–Crippen LogP) is 1.72. The van der Waals surface area contributed by atoms with Gasteiger partial charge in [0.1, 0.15) is 5.82 Å². The van der Waals surface area contributed by atoms with Crippen LogP contribution in [0.5, 0.6) is 0 Å². The molecule has 2 aliphatic rings. The second-order valence-corrected chi connectivity index (χ2v) is 5.67. The molecule has 0 aromatic heterocycles. The highest BCUT2D eigenvalue weighted by Crippen LogP contribution is 2.23. The first-order valence-electron chi connectivity index (χ1n) is 7.23. The number of anilines is 1. The molecule has 0 saturated carbocycles. The van der Waals surface area contributed by atoms with Gasteiger partial charge in [0.15, 0.2) is 0 Å². The van der Waals surface area contributed by atoms with Gasteiger partial charge in [-0.05, 0) is 50.6 Å². The van der Waals surface area contributed by atoms with E-state index in [1.165, 1.54) is 31.0 Å². The van der Waals surface area contributed by atoms with Gasteiger partial charge in [-0.25, -0.2) is 4.39 Å². The van der Waals surface area contributed by atoms with Gasteiger partial charge in [-0.1, -0.05) is 0 Å². The summed E-state index contributed by atoms with van der Waals surface area (Å²) in [7, 11) is 0. The van der Waals surface area contributed by atoms with Crippen molar-refractivity contribution >= 4 is 11.6 Å². The fourth-order valence-corrected chi connectivity index (χ4v) is 3.23. The number of amides is 1. The largest absolute Gasteiger partial charge is 0.398 e. The van der Waals surface area contributed by atoms with Gasteiger partial charge in [0.2, 0.25) is 0 Å². The molecule has 1 unspecified atom stereocenters. The Kier molecular flexibility index (Phi) is 3.61. The van der Waals surface area contributed by atoms with E-state index in [0.29, 0.717) is 11.6 Å². The third kappa shape index (κ3) is 2.50. The van der Waals surface area contributed by atoms with Gasteiger partial charge in [-0.15, -0.1) is 0 Å². The van der Waals surface area contributed by atoms with E-state index in [9.17, 15) is 9.18 Å². The molecule has 2 aliphatic heterocycles. The van der Waals surface area contributed by atoms with E-state index in [-0.39, 0.29) is 11.6 Å². The van der Waals surface area contributed by atoms with Crippen LogP contribution in [0.25, 0.3) is 0 Å². The molecule has 2 heterocycles. The number of benzene rings is 1. The summed E-state index contributed by atoms with van der Waals surface area (Å²) in [6, 6.07) is 4.46. The number of nitrogens with two attached hydrogens (primary N) is 1. The van der Waals surface area contributed by atoms with Crippen LogP contribution in [-0.4, -0.2) is 47.9 Å². The number of halogens is 1. The highest BCUT2D eigenvalue weighted by atomic mass is 19.1. The van der Waals surface area contributed by atoms with Gasteiger partial charge in [-0.2, -0.15) is 0 Å². The average molecular weight is 277 g/mol. The number of carbonyl (C=O) groups excluding carboxylic acids is 1. The third-order valence-corrected chi connectivity index (χ3v) is 4.35. The molecule has 0 radical (unpaired) electrons. The summed E-state index contributed by atoms with van der Waals surface area (Å²) in [5, 5.41) is 0. The zero-order valence-electron chi connectivity index (χ0n) is 11.5. The Morgan fingerprint density at radius 2 is 2.00 bits per heavy atom. The quantitative estimate of drug-likeness (QED) is 0.837. The van der Waals surface area contributed by atoms with Crippen LogP contribution in [0.15, 0.2) is 18.2 Å². The van der Waals surface area contributed by atoms with Crippen molar-refractivity contribution in [2.75, 3.05) is 31.9 Å².